The highest BCUT2D eigenvalue weighted by Crippen LogP contribution is 2.60. The quantitative estimate of drug-likeness (QED) is 0.530. The summed E-state index contributed by atoms with van der Waals surface area (Å²) in [5, 5.41) is 0. The number of Topliss-reactive ketones (excluding diaryl/α,β-unsaturated/α-hetero) is 2. The lowest BCUT2D eigenvalue weighted by atomic mass is 9.48. The Hall–Kier alpha value is -1.97. The molecule has 0 radical (unpaired) electrons. The van der Waals surface area contributed by atoms with Crippen LogP contribution in [0.4, 0.5) is 0 Å². The smallest absolute Gasteiger partial charge is 0.306 e. The Kier molecular flexibility index (Phi) is 4.92. The molecule has 4 heteroatoms. The minimum atomic E-state index is -0.708. The molecule has 4 fully saturated rings. The highest BCUT2D eigenvalue weighted by atomic mass is 16.5. The molecule has 4 saturated carbocycles. The maximum absolute atomic E-state index is 13.1. The Labute approximate surface area is 160 Å². The van der Waals surface area contributed by atoms with Crippen LogP contribution in [0.3, 0.4) is 0 Å². The zero-order chi connectivity index (χ0) is 19.0. The molecule has 27 heavy (non-hydrogen) atoms. The number of ketones is 2. The van der Waals surface area contributed by atoms with Crippen LogP contribution in [0.5, 0.6) is 0 Å². The maximum Gasteiger partial charge on any atom is 0.306 e. The van der Waals surface area contributed by atoms with Crippen LogP contribution in [0.15, 0.2) is 30.3 Å². The average molecular weight is 368 g/mol. The van der Waals surface area contributed by atoms with E-state index in [2.05, 4.69) is 0 Å². The molecule has 0 amide bonds. The summed E-state index contributed by atoms with van der Waals surface area (Å²) in [5.74, 6) is 1.64. The molecule has 0 aromatic heterocycles. The zero-order valence-electron chi connectivity index (χ0n) is 16.0. The Bertz CT molecular complexity index is 701. The number of benzene rings is 1. The predicted octanol–water partition coefficient (Wildman–Crippen LogP) is 4.37. The summed E-state index contributed by atoms with van der Waals surface area (Å²) in [6, 6.07) is 8.94. The van der Waals surface area contributed by atoms with Crippen molar-refractivity contribution in [3.8, 4) is 0 Å². The van der Waals surface area contributed by atoms with Crippen molar-refractivity contribution >= 4 is 17.5 Å². The number of hydrogen-bond donors (Lipinski definition) is 0. The summed E-state index contributed by atoms with van der Waals surface area (Å²) in [6.45, 7) is 1.71. The van der Waals surface area contributed by atoms with Gasteiger partial charge in [0.15, 0.2) is 17.7 Å². The number of rotatable bonds is 7. The molecule has 0 aliphatic heterocycles. The fourth-order valence-corrected chi connectivity index (χ4v) is 6.14. The molecule has 4 nitrogen and oxygen atoms in total. The minimum Gasteiger partial charge on any atom is -0.455 e. The highest BCUT2D eigenvalue weighted by molar-refractivity contribution is 5.97. The van der Waals surface area contributed by atoms with Gasteiger partial charge < -0.3 is 4.74 Å². The molecule has 0 saturated heterocycles. The van der Waals surface area contributed by atoms with Crippen molar-refractivity contribution in [3.05, 3.63) is 35.9 Å². The Morgan fingerprint density at radius 1 is 0.963 bits per heavy atom. The second-order valence-corrected chi connectivity index (χ2v) is 8.98. The fraction of sp³-hybridized carbons (Fsp3) is 0.609. The first-order valence-electron chi connectivity index (χ1n) is 10.3. The van der Waals surface area contributed by atoms with Gasteiger partial charge in [0, 0.05) is 17.4 Å². The van der Waals surface area contributed by atoms with Gasteiger partial charge in [-0.3, -0.25) is 14.4 Å². The SMILES string of the molecule is CC(OC(=O)CCC(=O)c1ccccc1)C(=O)C12CC3CC(CC(C3)C1)C2. The predicted molar refractivity (Wildman–Crippen MR) is 101 cm³/mol. The molecule has 1 aromatic rings. The lowest BCUT2D eigenvalue weighted by molar-refractivity contribution is -0.164. The van der Waals surface area contributed by atoms with Gasteiger partial charge in [0.05, 0.1) is 6.42 Å². The third-order valence-corrected chi connectivity index (χ3v) is 6.89. The number of carbonyl (C=O) groups excluding carboxylic acids is 3. The molecule has 0 spiro atoms. The lowest BCUT2D eigenvalue weighted by Crippen LogP contribution is -2.52. The van der Waals surface area contributed by atoms with Crippen molar-refractivity contribution in [2.75, 3.05) is 0 Å². The molecule has 0 N–H and O–H groups in total. The van der Waals surface area contributed by atoms with E-state index in [1.54, 1.807) is 31.2 Å². The van der Waals surface area contributed by atoms with Gasteiger partial charge in [-0.25, -0.2) is 0 Å². The second kappa shape index (κ2) is 7.21. The summed E-state index contributed by atoms with van der Waals surface area (Å²) >= 11 is 0. The van der Waals surface area contributed by atoms with Crippen molar-refractivity contribution in [1.82, 2.24) is 0 Å². The van der Waals surface area contributed by atoms with Gasteiger partial charge in [0.25, 0.3) is 0 Å². The van der Waals surface area contributed by atoms with Crippen LogP contribution in [0.1, 0.15) is 68.6 Å². The monoisotopic (exact) mass is 368 g/mol. The van der Waals surface area contributed by atoms with E-state index in [4.69, 9.17) is 4.74 Å². The van der Waals surface area contributed by atoms with Crippen molar-refractivity contribution in [1.29, 1.82) is 0 Å². The fourth-order valence-electron chi connectivity index (χ4n) is 6.14. The van der Waals surface area contributed by atoms with Crippen LogP contribution in [0, 0.1) is 23.2 Å². The van der Waals surface area contributed by atoms with E-state index < -0.39 is 12.1 Å². The molecule has 4 aliphatic rings. The van der Waals surface area contributed by atoms with E-state index >= 15 is 0 Å². The molecule has 1 atom stereocenters. The van der Waals surface area contributed by atoms with Crippen molar-refractivity contribution in [2.45, 2.75) is 64.4 Å². The van der Waals surface area contributed by atoms with Gasteiger partial charge in [0.1, 0.15) is 0 Å². The maximum atomic E-state index is 13.1. The van der Waals surface area contributed by atoms with Gasteiger partial charge in [-0.15, -0.1) is 0 Å². The number of hydrogen-bond acceptors (Lipinski definition) is 4. The molecule has 144 valence electrons. The van der Waals surface area contributed by atoms with Crippen LogP contribution in [-0.4, -0.2) is 23.6 Å². The average Bonchev–Trinajstić information content (AvgIpc) is 2.65. The van der Waals surface area contributed by atoms with E-state index in [9.17, 15) is 14.4 Å². The van der Waals surface area contributed by atoms with E-state index in [-0.39, 0.29) is 29.8 Å². The van der Waals surface area contributed by atoms with Gasteiger partial charge >= 0.3 is 5.97 Å². The third-order valence-electron chi connectivity index (χ3n) is 6.89. The van der Waals surface area contributed by atoms with Crippen molar-refractivity contribution in [3.63, 3.8) is 0 Å². The number of carbonyl (C=O) groups is 3. The van der Waals surface area contributed by atoms with E-state index in [1.165, 1.54) is 19.3 Å². The van der Waals surface area contributed by atoms with Crippen LogP contribution in [0.2, 0.25) is 0 Å². The Morgan fingerprint density at radius 3 is 2.07 bits per heavy atom. The highest BCUT2D eigenvalue weighted by Gasteiger charge is 2.55. The van der Waals surface area contributed by atoms with Crippen LogP contribution < -0.4 is 0 Å². The molecule has 4 bridgehead atoms. The number of ether oxygens (including phenoxy) is 1. The molecular formula is C23H28O4. The van der Waals surface area contributed by atoms with Crippen molar-refractivity contribution < 1.29 is 19.1 Å². The first-order chi connectivity index (χ1) is 12.9. The summed E-state index contributed by atoms with van der Waals surface area (Å²) < 4.78 is 5.45. The first-order valence-corrected chi connectivity index (χ1v) is 10.3. The second-order valence-electron chi connectivity index (χ2n) is 8.98. The summed E-state index contributed by atoms with van der Waals surface area (Å²) in [4.78, 5) is 37.5. The molecule has 4 aliphatic carbocycles. The van der Waals surface area contributed by atoms with E-state index in [0.29, 0.717) is 23.3 Å². The third kappa shape index (κ3) is 3.71. The van der Waals surface area contributed by atoms with Gasteiger partial charge in [0.2, 0.25) is 0 Å². The molecule has 1 unspecified atom stereocenters. The van der Waals surface area contributed by atoms with E-state index in [1.807, 2.05) is 6.07 Å². The Balaban J connectivity index is 1.31. The van der Waals surface area contributed by atoms with Gasteiger partial charge in [-0.1, -0.05) is 30.3 Å². The summed E-state index contributed by atoms with van der Waals surface area (Å²) in [7, 11) is 0. The minimum absolute atomic E-state index is 0.0201. The normalized spacial score (nSPS) is 32.1. The van der Waals surface area contributed by atoms with Crippen LogP contribution >= 0.6 is 0 Å². The van der Waals surface area contributed by atoms with E-state index in [0.717, 1.165) is 19.3 Å². The summed E-state index contributed by atoms with van der Waals surface area (Å²) in [6.07, 6.45) is 6.20. The van der Waals surface area contributed by atoms with Gasteiger partial charge in [-0.05, 0) is 63.2 Å². The zero-order valence-corrected chi connectivity index (χ0v) is 16.0. The van der Waals surface area contributed by atoms with Crippen LogP contribution in [0.25, 0.3) is 0 Å². The van der Waals surface area contributed by atoms with Gasteiger partial charge in [-0.2, -0.15) is 0 Å². The summed E-state index contributed by atoms with van der Waals surface area (Å²) in [5.41, 5.74) is 0.344. The van der Waals surface area contributed by atoms with Crippen LogP contribution in [-0.2, 0) is 14.3 Å². The molecule has 0 heterocycles. The molecule has 5 rings (SSSR count). The lowest BCUT2D eigenvalue weighted by Gasteiger charge is -2.56. The first kappa shape index (κ1) is 18.4. The number of esters is 1. The molecular weight excluding hydrogens is 340 g/mol. The molecule has 1 aromatic carbocycles. The standard InChI is InChI=1S/C23H28O4/c1-15(27-21(25)8-7-20(24)19-5-3-2-4-6-19)22(26)23-12-16-9-17(13-23)11-18(10-16)14-23/h2-6,15-18H,7-14H2,1H3. The largest absolute Gasteiger partial charge is 0.455 e. The van der Waals surface area contributed by atoms with Crippen molar-refractivity contribution in [2.24, 2.45) is 23.2 Å². The topological polar surface area (TPSA) is 60.4 Å². The Morgan fingerprint density at radius 2 is 1.52 bits per heavy atom.